The molecule has 0 aliphatic carbocycles. The summed E-state index contributed by atoms with van der Waals surface area (Å²) in [7, 11) is 0. The molecule has 0 bridgehead atoms. The molecule has 0 aliphatic heterocycles. The number of anilines is 2. The fourth-order valence-corrected chi connectivity index (χ4v) is 4.79. The molecule has 0 saturated carbocycles. The third-order valence-electron chi connectivity index (χ3n) is 4.50. The van der Waals surface area contributed by atoms with Gasteiger partial charge in [-0.05, 0) is 61.7 Å². The van der Waals surface area contributed by atoms with Gasteiger partial charge >= 0.3 is 0 Å². The maximum absolute atomic E-state index is 8.82. The van der Waals surface area contributed by atoms with E-state index in [9.17, 15) is 0 Å². The highest BCUT2D eigenvalue weighted by atomic mass is 32.2. The Morgan fingerprint density at radius 3 is 2.79 bits per heavy atom. The van der Waals surface area contributed by atoms with Gasteiger partial charge in [-0.15, -0.1) is 0 Å². The maximum atomic E-state index is 8.82. The van der Waals surface area contributed by atoms with Gasteiger partial charge in [-0.1, -0.05) is 48.1 Å². The third-order valence-corrected chi connectivity index (χ3v) is 6.50. The number of aryl methyl sites for hydroxylation is 1. The van der Waals surface area contributed by atoms with Crippen molar-refractivity contribution in [1.82, 2.24) is 15.3 Å². The molecule has 7 heteroatoms. The average molecular weight is 429 g/mol. The molecule has 0 amide bonds. The summed E-state index contributed by atoms with van der Waals surface area (Å²) in [6, 6.07) is 12.4. The fourth-order valence-electron chi connectivity index (χ4n) is 2.87. The number of hydrogen-bond acceptors (Lipinski definition) is 7. The number of aromatic nitrogens is 2. The van der Waals surface area contributed by atoms with Gasteiger partial charge in [0.2, 0.25) is 0 Å². The van der Waals surface area contributed by atoms with Crippen LogP contribution in [0.2, 0.25) is 0 Å². The number of aliphatic hydroxyl groups is 1. The van der Waals surface area contributed by atoms with Crippen LogP contribution in [0.4, 0.5) is 10.9 Å². The summed E-state index contributed by atoms with van der Waals surface area (Å²) in [6.45, 7) is 4.36. The largest absolute Gasteiger partial charge is 0.396 e. The van der Waals surface area contributed by atoms with E-state index in [1.54, 1.807) is 29.3 Å². The van der Waals surface area contributed by atoms with Gasteiger partial charge in [0.25, 0.3) is 0 Å². The molecule has 0 atom stereocenters. The molecular formula is C22H28N4OS2. The second-order valence-electron chi connectivity index (χ2n) is 6.83. The highest BCUT2D eigenvalue weighted by molar-refractivity contribution is 8.01. The standard InChI is InChI=1S/C22H28N4OS2/c1-17-9-10-19(14-18(17)15-23-11-5-2-3-7-13-27)28-21-16-25-22(29-21)26-20-8-4-6-12-24-20/h4,6,8-10,12,14,16,23,27H,2-3,5,7,11,13,15H2,1H3,(H,24,25,26). The fraction of sp³-hybridized carbons (Fsp3) is 0.364. The lowest BCUT2D eigenvalue weighted by Gasteiger charge is -2.10. The van der Waals surface area contributed by atoms with E-state index in [4.69, 9.17) is 5.11 Å². The molecule has 3 N–H and O–H groups in total. The van der Waals surface area contributed by atoms with Gasteiger partial charge in [-0.2, -0.15) is 0 Å². The summed E-state index contributed by atoms with van der Waals surface area (Å²) < 4.78 is 1.15. The first-order valence-electron chi connectivity index (χ1n) is 9.97. The van der Waals surface area contributed by atoms with Gasteiger partial charge in [-0.3, -0.25) is 0 Å². The van der Waals surface area contributed by atoms with Crippen molar-refractivity contribution in [3.8, 4) is 0 Å². The minimum Gasteiger partial charge on any atom is -0.396 e. The van der Waals surface area contributed by atoms with Crippen LogP contribution in [0.25, 0.3) is 0 Å². The van der Waals surface area contributed by atoms with Crippen LogP contribution >= 0.6 is 23.1 Å². The normalized spacial score (nSPS) is 11.0. The molecule has 0 saturated heterocycles. The minimum absolute atomic E-state index is 0.303. The molecule has 29 heavy (non-hydrogen) atoms. The summed E-state index contributed by atoms with van der Waals surface area (Å²) in [6.07, 6.45) is 8.01. The zero-order valence-corrected chi connectivity index (χ0v) is 18.4. The second-order valence-corrected chi connectivity index (χ2v) is 9.23. The van der Waals surface area contributed by atoms with Gasteiger partial charge in [0.15, 0.2) is 5.13 Å². The minimum atomic E-state index is 0.303. The van der Waals surface area contributed by atoms with Crippen molar-refractivity contribution in [2.24, 2.45) is 0 Å². The molecular weight excluding hydrogens is 400 g/mol. The molecule has 0 fully saturated rings. The Labute approximate surface area is 181 Å². The van der Waals surface area contributed by atoms with E-state index in [-0.39, 0.29) is 0 Å². The predicted molar refractivity (Wildman–Crippen MR) is 122 cm³/mol. The van der Waals surface area contributed by atoms with Gasteiger partial charge < -0.3 is 15.7 Å². The van der Waals surface area contributed by atoms with E-state index < -0.39 is 0 Å². The van der Waals surface area contributed by atoms with Crippen molar-refractivity contribution in [3.05, 3.63) is 59.9 Å². The van der Waals surface area contributed by atoms with Crippen LogP contribution in [0.1, 0.15) is 36.8 Å². The molecule has 0 aliphatic rings. The van der Waals surface area contributed by atoms with Crippen molar-refractivity contribution in [3.63, 3.8) is 0 Å². The van der Waals surface area contributed by atoms with E-state index >= 15 is 0 Å². The number of hydrogen-bond donors (Lipinski definition) is 3. The molecule has 3 rings (SSSR count). The van der Waals surface area contributed by atoms with E-state index in [2.05, 4.69) is 45.7 Å². The van der Waals surface area contributed by atoms with E-state index in [0.717, 1.165) is 47.5 Å². The SMILES string of the molecule is Cc1ccc(Sc2cnc(Nc3ccccn3)s2)cc1CNCCCCCCO. The van der Waals surface area contributed by atoms with Gasteiger partial charge in [0.05, 0.1) is 10.4 Å². The van der Waals surface area contributed by atoms with Crippen molar-refractivity contribution < 1.29 is 5.11 Å². The number of aliphatic hydroxyl groups excluding tert-OH is 1. The van der Waals surface area contributed by atoms with Gasteiger partial charge in [0, 0.05) is 24.2 Å². The molecule has 3 aromatic rings. The highest BCUT2D eigenvalue weighted by Gasteiger charge is 2.07. The van der Waals surface area contributed by atoms with Crippen molar-refractivity contribution in [1.29, 1.82) is 0 Å². The first-order valence-corrected chi connectivity index (χ1v) is 11.6. The first kappa shape index (κ1) is 21.8. The predicted octanol–water partition coefficient (Wildman–Crippen LogP) is 5.38. The van der Waals surface area contributed by atoms with Crippen LogP contribution in [-0.2, 0) is 6.54 Å². The van der Waals surface area contributed by atoms with Crippen molar-refractivity contribution >= 4 is 34.0 Å². The topological polar surface area (TPSA) is 70.1 Å². The quantitative estimate of drug-likeness (QED) is 0.336. The smallest absolute Gasteiger partial charge is 0.189 e. The number of unbranched alkanes of at least 4 members (excludes halogenated alkanes) is 3. The molecule has 2 aromatic heterocycles. The summed E-state index contributed by atoms with van der Waals surface area (Å²) in [4.78, 5) is 9.96. The number of pyridine rings is 1. The number of nitrogens with zero attached hydrogens (tertiary/aromatic N) is 2. The van der Waals surface area contributed by atoms with Crippen LogP contribution in [0.3, 0.4) is 0 Å². The monoisotopic (exact) mass is 428 g/mol. The number of thiazole rings is 1. The molecule has 0 radical (unpaired) electrons. The molecule has 2 heterocycles. The van der Waals surface area contributed by atoms with Crippen molar-refractivity contribution in [2.75, 3.05) is 18.5 Å². The van der Waals surface area contributed by atoms with E-state index in [0.29, 0.717) is 6.61 Å². The average Bonchev–Trinajstić information content (AvgIpc) is 3.17. The van der Waals surface area contributed by atoms with Crippen LogP contribution < -0.4 is 10.6 Å². The summed E-state index contributed by atoms with van der Waals surface area (Å²) >= 11 is 3.37. The molecule has 1 aromatic carbocycles. The Hall–Kier alpha value is -1.93. The molecule has 5 nitrogen and oxygen atoms in total. The highest BCUT2D eigenvalue weighted by Crippen LogP contribution is 2.35. The Balaban J connectivity index is 1.50. The zero-order valence-electron chi connectivity index (χ0n) is 16.7. The van der Waals surface area contributed by atoms with Crippen molar-refractivity contribution in [2.45, 2.75) is 48.3 Å². The van der Waals surface area contributed by atoms with Crippen LogP contribution in [-0.4, -0.2) is 28.2 Å². The molecule has 0 spiro atoms. The lowest BCUT2D eigenvalue weighted by molar-refractivity contribution is 0.282. The van der Waals surface area contributed by atoms with Gasteiger partial charge in [-0.25, -0.2) is 9.97 Å². The number of nitrogens with one attached hydrogen (secondary N) is 2. The van der Waals surface area contributed by atoms with E-state index in [1.165, 1.54) is 22.4 Å². The molecule has 0 unspecified atom stereocenters. The lowest BCUT2D eigenvalue weighted by Crippen LogP contribution is -2.15. The lowest BCUT2D eigenvalue weighted by atomic mass is 10.1. The zero-order chi connectivity index (χ0) is 20.3. The Morgan fingerprint density at radius 2 is 1.97 bits per heavy atom. The second kappa shape index (κ2) is 11.9. The Bertz CT molecular complexity index is 870. The first-order chi connectivity index (χ1) is 14.2. The van der Waals surface area contributed by atoms with Crippen LogP contribution in [0.5, 0.6) is 0 Å². The Morgan fingerprint density at radius 1 is 1.07 bits per heavy atom. The van der Waals surface area contributed by atoms with Crippen LogP contribution in [0.15, 0.2) is 57.9 Å². The van der Waals surface area contributed by atoms with E-state index in [1.807, 2.05) is 24.4 Å². The summed E-state index contributed by atoms with van der Waals surface area (Å²) in [5.74, 6) is 0.804. The summed E-state index contributed by atoms with van der Waals surface area (Å²) in [5, 5.41) is 16.5. The molecule has 154 valence electrons. The Kier molecular flexibility index (Phi) is 8.95. The summed E-state index contributed by atoms with van der Waals surface area (Å²) in [5.41, 5.74) is 2.64. The van der Waals surface area contributed by atoms with Gasteiger partial charge in [0.1, 0.15) is 5.82 Å². The third kappa shape index (κ3) is 7.44. The number of benzene rings is 1. The van der Waals surface area contributed by atoms with Crippen LogP contribution in [0, 0.1) is 6.92 Å². The maximum Gasteiger partial charge on any atom is 0.189 e. The number of rotatable bonds is 12.